The predicted molar refractivity (Wildman–Crippen MR) is 90.9 cm³/mol. The molecule has 0 radical (unpaired) electrons. The SMILES string of the molecule is CC(C)Nc1cc(-c2ccccc2)nc2cc(Cl)ccc12. The van der Waals surface area contributed by atoms with Crippen LogP contribution in [0.15, 0.2) is 54.6 Å². The number of nitrogens with zero attached hydrogens (tertiary/aromatic N) is 1. The van der Waals surface area contributed by atoms with Gasteiger partial charge in [0.1, 0.15) is 0 Å². The van der Waals surface area contributed by atoms with Gasteiger partial charge in [-0.05, 0) is 38.1 Å². The predicted octanol–water partition coefficient (Wildman–Crippen LogP) is 5.38. The minimum absolute atomic E-state index is 0.356. The van der Waals surface area contributed by atoms with Crippen molar-refractivity contribution >= 4 is 28.2 Å². The summed E-state index contributed by atoms with van der Waals surface area (Å²) in [4.78, 5) is 4.75. The Bertz CT molecular complexity index is 767. The van der Waals surface area contributed by atoms with Crippen molar-refractivity contribution < 1.29 is 0 Å². The van der Waals surface area contributed by atoms with Gasteiger partial charge in [0.05, 0.1) is 11.2 Å². The second kappa shape index (κ2) is 5.74. The monoisotopic (exact) mass is 296 g/mol. The third-order valence-electron chi connectivity index (χ3n) is 3.29. The molecule has 0 amide bonds. The Morgan fingerprint density at radius 1 is 1.00 bits per heavy atom. The maximum Gasteiger partial charge on any atom is 0.0745 e. The molecule has 1 N–H and O–H groups in total. The summed E-state index contributed by atoms with van der Waals surface area (Å²) in [6, 6.07) is 18.5. The molecule has 3 aromatic rings. The van der Waals surface area contributed by atoms with Crippen LogP contribution in [0.25, 0.3) is 22.2 Å². The van der Waals surface area contributed by atoms with Gasteiger partial charge in [-0.15, -0.1) is 0 Å². The zero-order valence-electron chi connectivity index (χ0n) is 12.1. The number of aromatic nitrogens is 1. The Morgan fingerprint density at radius 3 is 2.48 bits per heavy atom. The summed E-state index contributed by atoms with van der Waals surface area (Å²) in [6.45, 7) is 4.26. The van der Waals surface area contributed by atoms with E-state index in [0.717, 1.165) is 27.8 Å². The molecule has 0 bridgehead atoms. The summed E-state index contributed by atoms with van der Waals surface area (Å²) in [6.07, 6.45) is 0. The molecular weight excluding hydrogens is 280 g/mol. The molecule has 0 unspecified atom stereocenters. The van der Waals surface area contributed by atoms with Crippen LogP contribution < -0.4 is 5.32 Å². The van der Waals surface area contributed by atoms with Gasteiger partial charge in [-0.25, -0.2) is 4.98 Å². The molecule has 0 saturated carbocycles. The van der Waals surface area contributed by atoms with Gasteiger partial charge in [-0.1, -0.05) is 41.9 Å². The highest BCUT2D eigenvalue weighted by atomic mass is 35.5. The van der Waals surface area contributed by atoms with E-state index in [0.29, 0.717) is 11.1 Å². The maximum atomic E-state index is 6.11. The van der Waals surface area contributed by atoms with E-state index in [1.165, 1.54) is 0 Å². The first kappa shape index (κ1) is 13.9. The smallest absolute Gasteiger partial charge is 0.0745 e. The molecule has 3 rings (SSSR count). The van der Waals surface area contributed by atoms with Crippen molar-refractivity contribution in [2.24, 2.45) is 0 Å². The standard InChI is InChI=1S/C18H17ClN2/c1-12(2)20-18-11-16(13-6-4-3-5-7-13)21-17-10-14(19)8-9-15(17)18/h3-12H,1-2H3,(H,20,21). The zero-order valence-corrected chi connectivity index (χ0v) is 12.9. The lowest BCUT2D eigenvalue weighted by molar-refractivity contribution is 0.901. The van der Waals surface area contributed by atoms with Gasteiger partial charge in [0.25, 0.3) is 0 Å². The Morgan fingerprint density at radius 2 is 1.76 bits per heavy atom. The van der Waals surface area contributed by atoms with Crippen molar-refractivity contribution in [3.8, 4) is 11.3 Å². The first-order valence-corrected chi connectivity index (χ1v) is 7.43. The maximum absolute atomic E-state index is 6.11. The molecule has 1 aromatic heterocycles. The van der Waals surface area contributed by atoms with Crippen LogP contribution in [0, 0.1) is 0 Å². The van der Waals surface area contributed by atoms with Gasteiger partial charge in [-0.2, -0.15) is 0 Å². The average molecular weight is 297 g/mol. The van der Waals surface area contributed by atoms with E-state index in [1.54, 1.807) is 0 Å². The van der Waals surface area contributed by atoms with E-state index in [9.17, 15) is 0 Å². The number of hydrogen-bond donors (Lipinski definition) is 1. The fraction of sp³-hybridized carbons (Fsp3) is 0.167. The van der Waals surface area contributed by atoms with Gasteiger partial charge in [-0.3, -0.25) is 0 Å². The number of pyridine rings is 1. The van der Waals surface area contributed by atoms with Crippen molar-refractivity contribution in [1.82, 2.24) is 4.98 Å². The number of halogens is 1. The van der Waals surface area contributed by atoms with Crippen molar-refractivity contribution in [3.63, 3.8) is 0 Å². The molecule has 0 fully saturated rings. The van der Waals surface area contributed by atoms with Gasteiger partial charge in [0.15, 0.2) is 0 Å². The van der Waals surface area contributed by atoms with Crippen molar-refractivity contribution in [2.45, 2.75) is 19.9 Å². The number of nitrogens with one attached hydrogen (secondary N) is 1. The third kappa shape index (κ3) is 3.01. The highest BCUT2D eigenvalue weighted by Crippen LogP contribution is 2.30. The normalized spacial score (nSPS) is 11.0. The fourth-order valence-electron chi connectivity index (χ4n) is 2.39. The minimum atomic E-state index is 0.356. The quantitative estimate of drug-likeness (QED) is 0.702. The van der Waals surface area contributed by atoms with Crippen molar-refractivity contribution in [2.75, 3.05) is 5.32 Å². The van der Waals surface area contributed by atoms with Gasteiger partial charge in [0, 0.05) is 27.7 Å². The lowest BCUT2D eigenvalue weighted by Crippen LogP contribution is -2.10. The molecule has 0 atom stereocenters. The van der Waals surface area contributed by atoms with Crippen LogP contribution in [0.4, 0.5) is 5.69 Å². The molecule has 2 nitrogen and oxygen atoms in total. The van der Waals surface area contributed by atoms with E-state index in [2.05, 4.69) is 37.4 Å². The third-order valence-corrected chi connectivity index (χ3v) is 3.52. The van der Waals surface area contributed by atoms with Gasteiger partial charge in [0.2, 0.25) is 0 Å². The molecule has 2 aromatic carbocycles. The van der Waals surface area contributed by atoms with E-state index in [4.69, 9.17) is 16.6 Å². The van der Waals surface area contributed by atoms with Crippen LogP contribution in [0.2, 0.25) is 5.02 Å². The first-order valence-electron chi connectivity index (χ1n) is 7.06. The minimum Gasteiger partial charge on any atom is -0.382 e. The largest absolute Gasteiger partial charge is 0.382 e. The second-order valence-corrected chi connectivity index (χ2v) is 5.82. The van der Waals surface area contributed by atoms with E-state index in [1.807, 2.05) is 36.4 Å². The van der Waals surface area contributed by atoms with Crippen LogP contribution in [0.5, 0.6) is 0 Å². The zero-order chi connectivity index (χ0) is 14.8. The topological polar surface area (TPSA) is 24.9 Å². The summed E-state index contributed by atoms with van der Waals surface area (Å²) in [5, 5.41) is 5.29. The van der Waals surface area contributed by atoms with E-state index in [-0.39, 0.29) is 0 Å². The Hall–Kier alpha value is -2.06. The molecular formula is C18H17ClN2. The van der Waals surface area contributed by atoms with Crippen molar-refractivity contribution in [3.05, 3.63) is 59.6 Å². The summed E-state index contributed by atoms with van der Waals surface area (Å²) >= 11 is 6.11. The highest BCUT2D eigenvalue weighted by molar-refractivity contribution is 6.31. The number of fused-ring (bicyclic) bond motifs is 1. The average Bonchev–Trinajstić information content (AvgIpc) is 2.47. The lowest BCUT2D eigenvalue weighted by Gasteiger charge is -2.14. The van der Waals surface area contributed by atoms with Gasteiger partial charge < -0.3 is 5.32 Å². The van der Waals surface area contributed by atoms with Gasteiger partial charge >= 0.3 is 0 Å². The number of rotatable bonds is 3. The molecule has 0 aliphatic rings. The summed E-state index contributed by atoms with van der Waals surface area (Å²) < 4.78 is 0. The summed E-state index contributed by atoms with van der Waals surface area (Å²) in [7, 11) is 0. The molecule has 0 aliphatic heterocycles. The number of hydrogen-bond acceptors (Lipinski definition) is 2. The molecule has 3 heteroatoms. The van der Waals surface area contributed by atoms with Crippen molar-refractivity contribution in [1.29, 1.82) is 0 Å². The van der Waals surface area contributed by atoms with Crippen LogP contribution in [0.3, 0.4) is 0 Å². The highest BCUT2D eigenvalue weighted by Gasteiger charge is 2.09. The lowest BCUT2D eigenvalue weighted by atomic mass is 10.1. The Kier molecular flexibility index (Phi) is 3.80. The van der Waals surface area contributed by atoms with E-state index >= 15 is 0 Å². The molecule has 0 saturated heterocycles. The first-order chi connectivity index (χ1) is 10.1. The molecule has 21 heavy (non-hydrogen) atoms. The molecule has 1 heterocycles. The summed E-state index contributed by atoms with van der Waals surface area (Å²) in [5.41, 5.74) is 4.05. The number of benzene rings is 2. The van der Waals surface area contributed by atoms with E-state index < -0.39 is 0 Å². The van der Waals surface area contributed by atoms with Crippen LogP contribution in [-0.4, -0.2) is 11.0 Å². The molecule has 0 spiro atoms. The van der Waals surface area contributed by atoms with Crippen LogP contribution in [-0.2, 0) is 0 Å². The molecule has 0 aliphatic carbocycles. The molecule has 106 valence electrons. The number of anilines is 1. The Balaban J connectivity index is 2.22. The second-order valence-electron chi connectivity index (χ2n) is 5.38. The van der Waals surface area contributed by atoms with Crippen LogP contribution >= 0.6 is 11.6 Å². The fourth-order valence-corrected chi connectivity index (χ4v) is 2.56. The Labute approximate surface area is 129 Å². The summed E-state index contributed by atoms with van der Waals surface area (Å²) in [5.74, 6) is 0. The van der Waals surface area contributed by atoms with Crippen LogP contribution in [0.1, 0.15) is 13.8 Å².